The van der Waals surface area contributed by atoms with Crippen LogP contribution in [0.5, 0.6) is 0 Å². The summed E-state index contributed by atoms with van der Waals surface area (Å²) in [6, 6.07) is 10.2. The van der Waals surface area contributed by atoms with Gasteiger partial charge in [-0.1, -0.05) is 19.1 Å². The van der Waals surface area contributed by atoms with Gasteiger partial charge in [-0.25, -0.2) is 0 Å². The quantitative estimate of drug-likeness (QED) is 0.931. The van der Waals surface area contributed by atoms with Crippen LogP contribution in [0.1, 0.15) is 23.7 Å². The number of aromatic nitrogens is 1. The van der Waals surface area contributed by atoms with E-state index < -0.39 is 0 Å². The number of hydrogen-bond donors (Lipinski definition) is 1. The molecule has 0 radical (unpaired) electrons. The van der Waals surface area contributed by atoms with E-state index in [1.165, 1.54) is 0 Å². The molecule has 1 aromatic carbocycles. The number of carbonyl (C=O) groups is 1. The number of hydrogen-bond acceptors (Lipinski definition) is 4. The molecule has 1 unspecified atom stereocenters. The van der Waals surface area contributed by atoms with E-state index in [1.54, 1.807) is 12.4 Å². The van der Waals surface area contributed by atoms with Crippen LogP contribution in [0.4, 0.5) is 5.69 Å². The first-order chi connectivity index (χ1) is 11.9. The van der Waals surface area contributed by atoms with Crippen molar-refractivity contribution < 1.29 is 4.79 Å². The molecule has 25 heavy (non-hydrogen) atoms. The first kappa shape index (κ1) is 17.4. The summed E-state index contributed by atoms with van der Waals surface area (Å²) in [6.45, 7) is 4.22. The summed E-state index contributed by atoms with van der Waals surface area (Å²) in [4.78, 5) is 21.1. The molecule has 1 aromatic heterocycles. The Morgan fingerprint density at radius 3 is 2.56 bits per heavy atom. The molecule has 1 fully saturated rings. The Balaban J connectivity index is 1.81. The van der Waals surface area contributed by atoms with Gasteiger partial charge in [0.25, 0.3) is 5.91 Å². The number of nitrogens with zero attached hydrogens (tertiary/aromatic N) is 3. The first-order valence-electron chi connectivity index (χ1n) is 8.64. The van der Waals surface area contributed by atoms with E-state index in [1.807, 2.05) is 25.1 Å². The molecular formula is C20H26N4O. The highest BCUT2D eigenvalue weighted by Gasteiger charge is 2.35. The molecule has 0 spiro atoms. The lowest BCUT2D eigenvalue weighted by Gasteiger charge is -2.22. The molecule has 0 bridgehead atoms. The molecule has 0 aliphatic carbocycles. The van der Waals surface area contributed by atoms with E-state index in [-0.39, 0.29) is 11.3 Å². The summed E-state index contributed by atoms with van der Waals surface area (Å²) in [7, 11) is 4.03. The van der Waals surface area contributed by atoms with Crippen molar-refractivity contribution in [3.8, 4) is 11.1 Å². The van der Waals surface area contributed by atoms with Gasteiger partial charge in [-0.05, 0) is 42.1 Å². The molecule has 2 aromatic rings. The number of pyridine rings is 1. The van der Waals surface area contributed by atoms with Gasteiger partial charge in [-0.15, -0.1) is 0 Å². The maximum Gasteiger partial charge on any atom is 0.255 e. The molecule has 1 aliphatic heterocycles. The monoisotopic (exact) mass is 338 g/mol. The predicted molar refractivity (Wildman–Crippen MR) is 102 cm³/mol. The van der Waals surface area contributed by atoms with Crippen molar-refractivity contribution >= 4 is 11.6 Å². The van der Waals surface area contributed by atoms with Crippen LogP contribution < -0.4 is 10.6 Å². The smallest absolute Gasteiger partial charge is 0.255 e. The van der Waals surface area contributed by atoms with E-state index in [2.05, 4.69) is 41.1 Å². The lowest BCUT2D eigenvalue weighted by atomic mass is 9.90. The van der Waals surface area contributed by atoms with E-state index in [0.717, 1.165) is 29.8 Å². The van der Waals surface area contributed by atoms with Gasteiger partial charge in [-0.3, -0.25) is 9.78 Å². The molecule has 1 amide bonds. The van der Waals surface area contributed by atoms with Gasteiger partial charge in [0.2, 0.25) is 0 Å². The number of rotatable bonds is 4. The van der Waals surface area contributed by atoms with Gasteiger partial charge in [-0.2, -0.15) is 0 Å². The van der Waals surface area contributed by atoms with Crippen molar-refractivity contribution in [3.63, 3.8) is 0 Å². The van der Waals surface area contributed by atoms with Crippen LogP contribution in [0.2, 0.25) is 0 Å². The van der Waals surface area contributed by atoms with Gasteiger partial charge in [0.1, 0.15) is 0 Å². The minimum atomic E-state index is 0.0305. The molecule has 5 nitrogen and oxygen atoms in total. The molecule has 1 atom stereocenters. The van der Waals surface area contributed by atoms with E-state index in [9.17, 15) is 4.79 Å². The predicted octanol–water partition coefficient (Wildman–Crippen LogP) is 2.63. The standard InChI is InChI=1S/C20H26N4O/c1-20(13-21)8-9-24(14-20)19(25)17-10-16(11-22-12-17)15-4-6-18(7-5-15)23(2)3/h4-7,10-12H,8-9,13-14,21H2,1-3H3. The maximum atomic E-state index is 12.8. The molecule has 5 heteroatoms. The normalized spacial score (nSPS) is 19.9. The number of amides is 1. The number of likely N-dealkylation sites (tertiary alicyclic amines) is 1. The van der Waals surface area contributed by atoms with Crippen LogP contribution in [-0.4, -0.2) is 49.5 Å². The Kier molecular flexibility index (Phi) is 4.77. The zero-order valence-corrected chi connectivity index (χ0v) is 15.2. The largest absolute Gasteiger partial charge is 0.378 e. The topological polar surface area (TPSA) is 62.5 Å². The third-order valence-electron chi connectivity index (χ3n) is 5.04. The highest BCUT2D eigenvalue weighted by Crippen LogP contribution is 2.30. The third-order valence-corrected chi connectivity index (χ3v) is 5.04. The SMILES string of the molecule is CN(C)c1ccc(-c2cncc(C(=O)N3CCC(C)(CN)C3)c2)cc1. The summed E-state index contributed by atoms with van der Waals surface area (Å²) < 4.78 is 0. The number of nitrogens with two attached hydrogens (primary N) is 1. The van der Waals surface area contributed by atoms with Crippen LogP contribution in [-0.2, 0) is 0 Å². The Labute approximate surface area is 149 Å². The average molecular weight is 338 g/mol. The minimum Gasteiger partial charge on any atom is -0.378 e. The number of benzene rings is 1. The molecule has 1 saturated heterocycles. The highest BCUT2D eigenvalue weighted by atomic mass is 16.2. The highest BCUT2D eigenvalue weighted by molar-refractivity contribution is 5.95. The summed E-state index contributed by atoms with van der Waals surface area (Å²) in [5, 5.41) is 0. The van der Waals surface area contributed by atoms with Gasteiger partial charge in [0.15, 0.2) is 0 Å². The molecule has 0 saturated carbocycles. The van der Waals surface area contributed by atoms with Gasteiger partial charge in [0.05, 0.1) is 5.56 Å². The first-order valence-corrected chi connectivity index (χ1v) is 8.64. The fourth-order valence-corrected chi connectivity index (χ4v) is 3.21. The van der Waals surface area contributed by atoms with Crippen LogP contribution in [0.25, 0.3) is 11.1 Å². The van der Waals surface area contributed by atoms with Crippen molar-refractivity contribution in [2.45, 2.75) is 13.3 Å². The minimum absolute atomic E-state index is 0.0305. The lowest BCUT2D eigenvalue weighted by molar-refractivity contribution is 0.0776. The van der Waals surface area contributed by atoms with Crippen molar-refractivity contribution in [2.75, 3.05) is 38.6 Å². The molecular weight excluding hydrogens is 312 g/mol. The Hall–Kier alpha value is -2.40. The van der Waals surface area contributed by atoms with Gasteiger partial charge >= 0.3 is 0 Å². The summed E-state index contributed by atoms with van der Waals surface area (Å²) >= 11 is 0. The van der Waals surface area contributed by atoms with Crippen molar-refractivity contribution in [3.05, 3.63) is 48.3 Å². The van der Waals surface area contributed by atoms with Gasteiger partial charge < -0.3 is 15.5 Å². The third kappa shape index (κ3) is 3.66. The van der Waals surface area contributed by atoms with Crippen molar-refractivity contribution in [1.82, 2.24) is 9.88 Å². The Morgan fingerprint density at radius 1 is 1.24 bits per heavy atom. The fourth-order valence-electron chi connectivity index (χ4n) is 3.21. The summed E-state index contributed by atoms with van der Waals surface area (Å²) in [5.41, 5.74) is 9.67. The van der Waals surface area contributed by atoms with Gasteiger partial charge in [0, 0.05) is 50.8 Å². The molecule has 132 valence electrons. The van der Waals surface area contributed by atoms with Crippen LogP contribution in [0, 0.1) is 5.41 Å². The number of carbonyl (C=O) groups excluding carboxylic acids is 1. The van der Waals surface area contributed by atoms with E-state index >= 15 is 0 Å². The maximum absolute atomic E-state index is 12.8. The second kappa shape index (κ2) is 6.84. The van der Waals surface area contributed by atoms with Crippen molar-refractivity contribution in [2.24, 2.45) is 11.1 Å². The second-order valence-corrected chi connectivity index (χ2v) is 7.40. The molecule has 2 heterocycles. The Morgan fingerprint density at radius 2 is 1.96 bits per heavy atom. The van der Waals surface area contributed by atoms with Crippen molar-refractivity contribution in [1.29, 1.82) is 0 Å². The number of anilines is 1. The summed E-state index contributed by atoms with van der Waals surface area (Å²) in [6.07, 6.45) is 4.40. The second-order valence-electron chi connectivity index (χ2n) is 7.40. The molecule has 3 rings (SSSR count). The van der Waals surface area contributed by atoms with Crippen LogP contribution in [0.15, 0.2) is 42.7 Å². The average Bonchev–Trinajstić information content (AvgIpc) is 3.04. The van der Waals surface area contributed by atoms with Crippen LogP contribution >= 0.6 is 0 Å². The zero-order valence-electron chi connectivity index (χ0n) is 15.2. The van der Waals surface area contributed by atoms with Crippen LogP contribution in [0.3, 0.4) is 0 Å². The van der Waals surface area contributed by atoms with E-state index in [4.69, 9.17) is 5.73 Å². The Bertz CT molecular complexity index is 757. The lowest BCUT2D eigenvalue weighted by Crippen LogP contribution is -2.34. The zero-order chi connectivity index (χ0) is 18.0. The summed E-state index contributed by atoms with van der Waals surface area (Å²) in [5.74, 6) is 0.0384. The fraction of sp³-hybridized carbons (Fsp3) is 0.400. The van der Waals surface area contributed by atoms with E-state index in [0.29, 0.717) is 18.7 Å². The molecule has 1 aliphatic rings. The molecule has 2 N–H and O–H groups in total.